The number of rotatable bonds is 0. The van der Waals surface area contributed by atoms with Crippen LogP contribution in [0.2, 0.25) is 0 Å². The summed E-state index contributed by atoms with van der Waals surface area (Å²) in [7, 11) is 0. The maximum absolute atomic E-state index is 11.7. The second-order valence-corrected chi connectivity index (χ2v) is 4.23. The molecule has 0 aromatic heterocycles. The third kappa shape index (κ3) is 1.35. The second kappa shape index (κ2) is 2.81. The summed E-state index contributed by atoms with van der Waals surface area (Å²) in [5, 5.41) is 9.26. The van der Waals surface area contributed by atoms with Gasteiger partial charge in [0.2, 0.25) is 0 Å². The molecule has 0 aromatic carbocycles. The van der Waals surface area contributed by atoms with Crippen molar-refractivity contribution in [2.45, 2.75) is 45.2 Å². The lowest BCUT2D eigenvalue weighted by molar-refractivity contribution is -0.156. The van der Waals surface area contributed by atoms with E-state index in [4.69, 9.17) is 9.47 Å². The van der Waals surface area contributed by atoms with Crippen molar-refractivity contribution in [3.05, 3.63) is 11.3 Å². The summed E-state index contributed by atoms with van der Waals surface area (Å²) in [6.07, 6.45) is -0.299. The maximum atomic E-state index is 11.7. The predicted octanol–water partition coefficient (Wildman–Crippen LogP) is 1.31. The Balaban J connectivity index is 2.24. The van der Waals surface area contributed by atoms with Gasteiger partial charge in [0, 0.05) is 12.0 Å². The van der Waals surface area contributed by atoms with Crippen molar-refractivity contribution in [1.29, 1.82) is 0 Å². The summed E-state index contributed by atoms with van der Waals surface area (Å²) < 4.78 is 11.0. The van der Waals surface area contributed by atoms with Crippen molar-refractivity contribution in [3.63, 3.8) is 0 Å². The molecule has 0 aromatic rings. The van der Waals surface area contributed by atoms with Gasteiger partial charge >= 0.3 is 0 Å². The number of carbonyl (C=O) groups is 1. The van der Waals surface area contributed by atoms with Gasteiger partial charge in [-0.2, -0.15) is 0 Å². The van der Waals surface area contributed by atoms with Gasteiger partial charge < -0.3 is 14.6 Å². The van der Waals surface area contributed by atoms with Crippen LogP contribution in [-0.4, -0.2) is 28.9 Å². The standard InChI is InChI=1S/C10H14O4/c1-5(11)6-4-7-9(8(6)12)14-10(2,3)13-7/h7,9,11H,4H2,1-3H3/b6-5-/t7-,9-/m0/s1. The van der Waals surface area contributed by atoms with Gasteiger partial charge in [0.15, 0.2) is 17.7 Å². The van der Waals surface area contributed by atoms with Crippen LogP contribution < -0.4 is 0 Å². The highest BCUT2D eigenvalue weighted by Crippen LogP contribution is 2.39. The van der Waals surface area contributed by atoms with E-state index in [9.17, 15) is 9.90 Å². The summed E-state index contributed by atoms with van der Waals surface area (Å²) in [5.41, 5.74) is 0.440. The minimum Gasteiger partial charge on any atom is -0.512 e. The molecule has 4 nitrogen and oxygen atoms in total. The number of carbonyl (C=O) groups excluding carboxylic acids is 1. The number of aliphatic hydroxyl groups is 1. The number of ether oxygens (including phenoxy) is 2. The Bertz CT molecular complexity index is 312. The van der Waals surface area contributed by atoms with Gasteiger partial charge in [-0.15, -0.1) is 0 Å². The van der Waals surface area contributed by atoms with Crippen LogP contribution in [0.3, 0.4) is 0 Å². The number of Topliss-reactive ketones (excluding diaryl/α,β-unsaturated/α-hetero) is 1. The Morgan fingerprint density at radius 3 is 2.64 bits per heavy atom. The highest BCUT2D eigenvalue weighted by Gasteiger charge is 2.51. The number of allylic oxidation sites excluding steroid dienone is 1. The van der Waals surface area contributed by atoms with E-state index in [-0.39, 0.29) is 17.6 Å². The molecule has 1 heterocycles. The lowest BCUT2D eigenvalue weighted by Crippen LogP contribution is -2.25. The molecule has 1 aliphatic heterocycles. The molecule has 1 aliphatic carbocycles. The fourth-order valence-electron chi connectivity index (χ4n) is 2.01. The van der Waals surface area contributed by atoms with Crippen molar-refractivity contribution in [3.8, 4) is 0 Å². The van der Waals surface area contributed by atoms with Crippen molar-refractivity contribution in [2.75, 3.05) is 0 Å². The molecule has 2 fully saturated rings. The Labute approximate surface area is 82.5 Å². The summed E-state index contributed by atoms with van der Waals surface area (Å²) in [5.74, 6) is -0.741. The smallest absolute Gasteiger partial charge is 0.193 e. The number of aliphatic hydroxyl groups excluding tert-OH is 1. The summed E-state index contributed by atoms with van der Waals surface area (Å²) >= 11 is 0. The Kier molecular flexibility index (Phi) is 1.94. The molecule has 2 atom stereocenters. The van der Waals surface area contributed by atoms with E-state index in [0.29, 0.717) is 12.0 Å². The van der Waals surface area contributed by atoms with Crippen LogP contribution in [0.15, 0.2) is 11.3 Å². The monoisotopic (exact) mass is 198 g/mol. The van der Waals surface area contributed by atoms with Crippen LogP contribution in [0.4, 0.5) is 0 Å². The molecule has 2 aliphatic rings. The summed E-state index contributed by atoms with van der Waals surface area (Å²) in [6, 6.07) is 0. The first-order chi connectivity index (χ1) is 6.41. The molecular weight excluding hydrogens is 184 g/mol. The lowest BCUT2D eigenvalue weighted by atomic mass is 10.2. The molecule has 0 amide bonds. The zero-order chi connectivity index (χ0) is 10.5. The van der Waals surface area contributed by atoms with Crippen LogP contribution in [-0.2, 0) is 14.3 Å². The first kappa shape index (κ1) is 9.68. The fraction of sp³-hybridized carbons (Fsp3) is 0.700. The molecule has 78 valence electrons. The van der Waals surface area contributed by atoms with E-state index in [1.54, 1.807) is 13.8 Å². The van der Waals surface area contributed by atoms with Gasteiger partial charge in [0.1, 0.15) is 0 Å². The van der Waals surface area contributed by atoms with Crippen molar-refractivity contribution in [1.82, 2.24) is 0 Å². The molecule has 1 saturated carbocycles. The molecule has 14 heavy (non-hydrogen) atoms. The molecular formula is C10H14O4. The minimum absolute atomic E-state index is 0.0782. The second-order valence-electron chi connectivity index (χ2n) is 4.23. The van der Waals surface area contributed by atoms with Crippen LogP contribution in [0.1, 0.15) is 27.2 Å². The lowest BCUT2D eigenvalue weighted by Gasteiger charge is -2.18. The zero-order valence-electron chi connectivity index (χ0n) is 8.53. The Morgan fingerprint density at radius 1 is 1.50 bits per heavy atom. The number of fused-ring (bicyclic) bond motifs is 1. The normalized spacial score (nSPS) is 38.6. The quantitative estimate of drug-likeness (QED) is 0.471. The third-order valence-electron chi connectivity index (χ3n) is 2.58. The minimum atomic E-state index is -0.681. The van der Waals surface area contributed by atoms with Gasteiger partial charge in [0.25, 0.3) is 0 Å². The van der Waals surface area contributed by atoms with Gasteiger partial charge in [0.05, 0.1) is 11.9 Å². The van der Waals surface area contributed by atoms with Crippen molar-refractivity contribution < 1.29 is 19.4 Å². The van der Waals surface area contributed by atoms with Crippen LogP contribution in [0, 0.1) is 0 Å². The predicted molar refractivity (Wildman–Crippen MR) is 48.8 cm³/mol. The molecule has 0 unspecified atom stereocenters. The van der Waals surface area contributed by atoms with E-state index in [1.165, 1.54) is 6.92 Å². The number of hydrogen-bond donors (Lipinski definition) is 1. The van der Waals surface area contributed by atoms with Crippen LogP contribution in [0.25, 0.3) is 0 Å². The van der Waals surface area contributed by atoms with Gasteiger partial charge in [-0.25, -0.2) is 0 Å². The van der Waals surface area contributed by atoms with Gasteiger partial charge in [-0.05, 0) is 20.8 Å². The summed E-state index contributed by atoms with van der Waals surface area (Å²) in [4.78, 5) is 11.7. The van der Waals surface area contributed by atoms with E-state index in [2.05, 4.69) is 0 Å². The Morgan fingerprint density at radius 2 is 2.14 bits per heavy atom. The first-order valence-electron chi connectivity index (χ1n) is 4.69. The number of hydrogen-bond acceptors (Lipinski definition) is 4. The average molecular weight is 198 g/mol. The van der Waals surface area contributed by atoms with Crippen LogP contribution in [0.5, 0.6) is 0 Å². The first-order valence-corrected chi connectivity index (χ1v) is 4.69. The molecule has 1 saturated heterocycles. The third-order valence-corrected chi connectivity index (χ3v) is 2.58. The SMILES string of the molecule is C/C(O)=C1\C[C@@H]2OC(C)(C)O[C@@H]2C1=O. The van der Waals surface area contributed by atoms with Crippen molar-refractivity contribution >= 4 is 5.78 Å². The number of ketones is 1. The average Bonchev–Trinajstić information content (AvgIpc) is 2.46. The van der Waals surface area contributed by atoms with E-state index >= 15 is 0 Å². The van der Waals surface area contributed by atoms with Crippen LogP contribution >= 0.6 is 0 Å². The molecule has 4 heteroatoms. The molecule has 0 radical (unpaired) electrons. The topological polar surface area (TPSA) is 55.8 Å². The molecule has 1 N–H and O–H groups in total. The van der Waals surface area contributed by atoms with E-state index in [0.717, 1.165) is 0 Å². The van der Waals surface area contributed by atoms with Gasteiger partial charge in [-0.1, -0.05) is 0 Å². The van der Waals surface area contributed by atoms with E-state index < -0.39 is 11.9 Å². The highest BCUT2D eigenvalue weighted by molar-refractivity contribution is 6.02. The molecule has 0 spiro atoms. The summed E-state index contributed by atoms with van der Waals surface area (Å²) in [6.45, 7) is 5.08. The maximum Gasteiger partial charge on any atom is 0.193 e. The van der Waals surface area contributed by atoms with Gasteiger partial charge in [-0.3, -0.25) is 4.79 Å². The fourth-order valence-corrected chi connectivity index (χ4v) is 2.01. The highest BCUT2D eigenvalue weighted by atomic mass is 16.8. The van der Waals surface area contributed by atoms with Crippen molar-refractivity contribution in [2.24, 2.45) is 0 Å². The largest absolute Gasteiger partial charge is 0.512 e. The zero-order valence-corrected chi connectivity index (χ0v) is 8.53. The Hall–Kier alpha value is -0.870. The molecule has 0 bridgehead atoms. The van der Waals surface area contributed by atoms with E-state index in [1.807, 2.05) is 0 Å². The molecule has 2 rings (SSSR count).